The van der Waals surface area contributed by atoms with Crippen LogP contribution in [-0.2, 0) is 0 Å². The van der Waals surface area contributed by atoms with Crippen molar-refractivity contribution in [2.45, 2.75) is 33.1 Å². The second-order valence-corrected chi connectivity index (χ2v) is 4.27. The standard InChI is InChI=1S/C13H32N4.4BrH/c1-3-14-8-5-10-16-12-7-13-17-11-6-9-15-4-2;;;;/h14-17H,3-13H2,1-2H3;4*1H. The van der Waals surface area contributed by atoms with Gasteiger partial charge in [0.2, 0.25) is 0 Å². The second-order valence-electron chi connectivity index (χ2n) is 4.27. The van der Waals surface area contributed by atoms with Gasteiger partial charge in [-0.05, 0) is 71.6 Å². The van der Waals surface area contributed by atoms with E-state index in [1.807, 2.05) is 0 Å². The second kappa shape index (κ2) is 33.4. The first kappa shape index (κ1) is 34.2. The number of nitrogens with one attached hydrogen (secondary N) is 4. The van der Waals surface area contributed by atoms with E-state index in [4.69, 9.17) is 0 Å². The van der Waals surface area contributed by atoms with Crippen LogP contribution in [-0.4, -0.2) is 52.4 Å². The molecule has 0 aliphatic heterocycles. The van der Waals surface area contributed by atoms with Crippen LogP contribution in [0.2, 0.25) is 0 Å². The van der Waals surface area contributed by atoms with Gasteiger partial charge in [0.15, 0.2) is 0 Å². The zero-order valence-corrected chi connectivity index (χ0v) is 20.3. The van der Waals surface area contributed by atoms with Gasteiger partial charge in [-0.1, -0.05) is 13.8 Å². The molecule has 8 heteroatoms. The molecule has 0 aliphatic rings. The number of rotatable bonds is 14. The molecule has 4 N–H and O–H groups in total. The Morgan fingerprint density at radius 3 is 0.905 bits per heavy atom. The van der Waals surface area contributed by atoms with Gasteiger partial charge >= 0.3 is 0 Å². The lowest BCUT2D eigenvalue weighted by atomic mass is 10.3. The monoisotopic (exact) mass is 564 g/mol. The zero-order chi connectivity index (χ0) is 12.6. The molecule has 0 unspecified atom stereocenters. The highest BCUT2D eigenvalue weighted by Gasteiger charge is 1.90. The van der Waals surface area contributed by atoms with Gasteiger partial charge in [0.25, 0.3) is 0 Å². The molecular weight excluding hydrogens is 532 g/mol. The third-order valence-corrected chi connectivity index (χ3v) is 2.62. The summed E-state index contributed by atoms with van der Waals surface area (Å²) in [6.07, 6.45) is 3.68. The Morgan fingerprint density at radius 2 is 0.667 bits per heavy atom. The molecule has 0 spiro atoms. The van der Waals surface area contributed by atoms with Crippen molar-refractivity contribution in [2.75, 3.05) is 52.4 Å². The minimum atomic E-state index is 0. The lowest BCUT2D eigenvalue weighted by Gasteiger charge is -2.07. The molecule has 0 bridgehead atoms. The predicted molar refractivity (Wildman–Crippen MR) is 118 cm³/mol. The molecule has 0 aromatic heterocycles. The number of hydrogen-bond donors (Lipinski definition) is 4. The summed E-state index contributed by atoms with van der Waals surface area (Å²) in [6.45, 7) is 13.2. The van der Waals surface area contributed by atoms with E-state index in [0.717, 1.165) is 52.4 Å². The third kappa shape index (κ3) is 34.2. The van der Waals surface area contributed by atoms with Crippen molar-refractivity contribution in [1.29, 1.82) is 0 Å². The molecule has 0 fully saturated rings. The summed E-state index contributed by atoms with van der Waals surface area (Å²) in [4.78, 5) is 0. The first-order valence-corrected chi connectivity index (χ1v) is 7.24. The molecule has 21 heavy (non-hydrogen) atoms. The first-order chi connectivity index (χ1) is 8.41. The highest BCUT2D eigenvalue weighted by atomic mass is 79.9. The Kier molecular flexibility index (Phi) is 54.3. The van der Waals surface area contributed by atoms with E-state index >= 15 is 0 Å². The molecule has 0 aliphatic carbocycles. The van der Waals surface area contributed by atoms with Crippen LogP contribution in [0.1, 0.15) is 33.1 Å². The van der Waals surface area contributed by atoms with E-state index in [1.54, 1.807) is 0 Å². The van der Waals surface area contributed by atoms with Gasteiger partial charge < -0.3 is 21.3 Å². The lowest BCUT2D eigenvalue weighted by molar-refractivity contribution is 0.557. The molecule has 0 rings (SSSR count). The number of hydrogen-bond acceptors (Lipinski definition) is 4. The van der Waals surface area contributed by atoms with Gasteiger partial charge in [0, 0.05) is 0 Å². The Morgan fingerprint density at radius 1 is 0.429 bits per heavy atom. The minimum Gasteiger partial charge on any atom is -0.317 e. The fourth-order valence-corrected chi connectivity index (χ4v) is 1.62. The van der Waals surface area contributed by atoms with Crippen LogP contribution in [0, 0.1) is 0 Å². The molecule has 0 heterocycles. The highest BCUT2D eigenvalue weighted by molar-refractivity contribution is 8.93. The maximum absolute atomic E-state index is 3.46. The van der Waals surface area contributed by atoms with Gasteiger partial charge in [0.05, 0.1) is 0 Å². The van der Waals surface area contributed by atoms with E-state index < -0.39 is 0 Å². The van der Waals surface area contributed by atoms with Gasteiger partial charge in [-0.2, -0.15) is 0 Å². The van der Waals surface area contributed by atoms with E-state index in [1.165, 1.54) is 19.3 Å². The van der Waals surface area contributed by atoms with Gasteiger partial charge in [-0.25, -0.2) is 0 Å². The molecule has 0 amide bonds. The van der Waals surface area contributed by atoms with Crippen molar-refractivity contribution >= 4 is 67.9 Å². The van der Waals surface area contributed by atoms with E-state index in [9.17, 15) is 0 Å². The largest absolute Gasteiger partial charge is 0.317 e. The summed E-state index contributed by atoms with van der Waals surface area (Å²) < 4.78 is 0. The predicted octanol–water partition coefficient (Wildman–Crippen LogP) is 2.87. The summed E-state index contributed by atoms with van der Waals surface area (Å²) in [5.41, 5.74) is 0. The van der Waals surface area contributed by atoms with Crippen LogP contribution in [0.25, 0.3) is 0 Å². The van der Waals surface area contributed by atoms with Crippen molar-refractivity contribution in [3.05, 3.63) is 0 Å². The molecule has 136 valence electrons. The Hall–Kier alpha value is 1.76. The molecule has 4 nitrogen and oxygen atoms in total. The van der Waals surface area contributed by atoms with Crippen LogP contribution in [0.3, 0.4) is 0 Å². The minimum absolute atomic E-state index is 0. The van der Waals surface area contributed by atoms with Crippen molar-refractivity contribution in [1.82, 2.24) is 21.3 Å². The molecule has 0 aromatic rings. The normalized spacial score (nSPS) is 8.86. The summed E-state index contributed by atoms with van der Waals surface area (Å²) in [6, 6.07) is 0. The summed E-state index contributed by atoms with van der Waals surface area (Å²) in [7, 11) is 0. The molecule has 0 aromatic carbocycles. The van der Waals surface area contributed by atoms with Crippen LogP contribution in [0.5, 0.6) is 0 Å². The Bertz CT molecular complexity index is 131. The topological polar surface area (TPSA) is 48.1 Å². The fourth-order valence-electron chi connectivity index (χ4n) is 1.62. The van der Waals surface area contributed by atoms with Gasteiger partial charge in [-0.3, -0.25) is 0 Å². The molecule has 0 radical (unpaired) electrons. The summed E-state index contributed by atoms with van der Waals surface area (Å²) >= 11 is 0. The SMILES string of the molecule is Br.Br.Br.Br.CCNCCCNCCCNCCCNCC. The van der Waals surface area contributed by atoms with Crippen LogP contribution < -0.4 is 21.3 Å². The maximum Gasteiger partial charge on any atom is -0.00368 e. The van der Waals surface area contributed by atoms with E-state index in [0.29, 0.717) is 0 Å². The van der Waals surface area contributed by atoms with Crippen molar-refractivity contribution in [2.24, 2.45) is 0 Å². The van der Waals surface area contributed by atoms with Crippen molar-refractivity contribution in [3.8, 4) is 0 Å². The highest BCUT2D eigenvalue weighted by Crippen LogP contribution is 1.78. The zero-order valence-electron chi connectivity index (χ0n) is 13.4. The van der Waals surface area contributed by atoms with E-state index in [-0.39, 0.29) is 67.9 Å². The lowest BCUT2D eigenvalue weighted by Crippen LogP contribution is -2.26. The molecule has 0 saturated carbocycles. The van der Waals surface area contributed by atoms with E-state index in [2.05, 4.69) is 35.1 Å². The van der Waals surface area contributed by atoms with Gasteiger partial charge in [0.1, 0.15) is 0 Å². The maximum atomic E-state index is 3.46. The quantitative estimate of drug-likeness (QED) is 0.244. The Balaban J connectivity index is -0.000000213. The third-order valence-electron chi connectivity index (χ3n) is 2.62. The van der Waals surface area contributed by atoms with Crippen molar-refractivity contribution < 1.29 is 0 Å². The fraction of sp³-hybridized carbons (Fsp3) is 1.00. The average Bonchev–Trinajstić information content (AvgIpc) is 2.35. The van der Waals surface area contributed by atoms with Crippen molar-refractivity contribution in [3.63, 3.8) is 0 Å². The Labute approximate surface area is 173 Å². The van der Waals surface area contributed by atoms with Crippen LogP contribution >= 0.6 is 67.9 Å². The molecular formula is C13H36Br4N4. The van der Waals surface area contributed by atoms with Gasteiger partial charge in [-0.15, -0.1) is 67.9 Å². The number of halogens is 4. The summed E-state index contributed by atoms with van der Waals surface area (Å²) in [5.74, 6) is 0. The first-order valence-electron chi connectivity index (χ1n) is 7.24. The smallest absolute Gasteiger partial charge is 0.00368 e. The van der Waals surface area contributed by atoms with Crippen LogP contribution in [0.4, 0.5) is 0 Å². The average molecular weight is 568 g/mol. The molecule has 0 saturated heterocycles. The molecule has 0 atom stereocenters. The summed E-state index contributed by atoms with van der Waals surface area (Å²) in [5, 5.41) is 13.6. The van der Waals surface area contributed by atoms with Crippen LogP contribution in [0.15, 0.2) is 0 Å².